The van der Waals surface area contributed by atoms with Crippen LogP contribution in [0.25, 0.3) is 11.4 Å². The molecule has 37 heavy (non-hydrogen) atoms. The third kappa shape index (κ3) is 4.87. The van der Waals surface area contributed by atoms with Crippen molar-refractivity contribution in [1.29, 1.82) is 0 Å². The summed E-state index contributed by atoms with van der Waals surface area (Å²) in [6.45, 7) is 1.25. The molecule has 1 amide bonds. The predicted octanol–water partition coefficient (Wildman–Crippen LogP) is 4.45. The minimum atomic E-state index is -4.48. The fraction of sp³-hybridized carbons (Fsp3) is 0.385. The molecule has 0 spiro atoms. The standard InChI is InChI=1S/C26H25F4N5O2/c1-37-11-10-34(22-7-6-17(14-33-22)26(28,29)30)20-12-16-13-21(20)35(15-16)25(36)18-4-2-5-19(27)23(18)24-31-8-3-9-32-24/h2-9,14,16,20-21H,10-13,15H2,1H3/t16-,20?,21?/m0/s1. The summed E-state index contributed by atoms with van der Waals surface area (Å²) in [6.07, 6.45) is 0.822. The first kappa shape index (κ1) is 25.1. The van der Waals surface area contributed by atoms with Crippen molar-refractivity contribution in [2.75, 3.05) is 31.7 Å². The SMILES string of the molecule is COCCN(c1ccc(C(F)(F)F)cn1)C1C[C@H]2CC1N(C(=O)c1cccc(F)c1-c1ncccn1)C2. The molecule has 1 aromatic carbocycles. The van der Waals surface area contributed by atoms with Gasteiger partial charge in [-0.3, -0.25) is 4.79 Å². The summed E-state index contributed by atoms with van der Waals surface area (Å²) in [5, 5.41) is 0. The van der Waals surface area contributed by atoms with E-state index in [1.165, 1.54) is 30.6 Å². The molecule has 2 aliphatic rings. The molecule has 0 radical (unpaired) electrons. The topological polar surface area (TPSA) is 71.5 Å². The van der Waals surface area contributed by atoms with Crippen molar-refractivity contribution in [3.8, 4) is 11.4 Å². The van der Waals surface area contributed by atoms with Crippen LogP contribution in [0.15, 0.2) is 55.0 Å². The number of halogens is 4. The van der Waals surface area contributed by atoms with Gasteiger partial charge in [-0.15, -0.1) is 0 Å². The second-order valence-corrected chi connectivity index (χ2v) is 9.25. The normalized spacial score (nSPS) is 20.9. The molecule has 5 rings (SSSR count). The Morgan fingerprint density at radius 2 is 1.89 bits per heavy atom. The average Bonchev–Trinajstić information content (AvgIpc) is 3.50. The smallest absolute Gasteiger partial charge is 0.383 e. The molecular formula is C26H25F4N5O2. The molecule has 0 N–H and O–H groups in total. The third-order valence-corrected chi connectivity index (χ3v) is 7.05. The number of nitrogens with zero attached hydrogens (tertiary/aromatic N) is 5. The van der Waals surface area contributed by atoms with Crippen molar-refractivity contribution in [2.45, 2.75) is 31.1 Å². The number of carbonyl (C=O) groups is 1. The first-order chi connectivity index (χ1) is 17.8. The summed E-state index contributed by atoms with van der Waals surface area (Å²) in [4.78, 5) is 29.8. The molecule has 2 fully saturated rings. The van der Waals surface area contributed by atoms with Crippen molar-refractivity contribution in [1.82, 2.24) is 19.9 Å². The molecule has 194 valence electrons. The quantitative estimate of drug-likeness (QED) is 0.433. The fourth-order valence-electron chi connectivity index (χ4n) is 5.44. The van der Waals surface area contributed by atoms with E-state index in [1.54, 1.807) is 24.1 Å². The number of benzene rings is 1. The maximum absolute atomic E-state index is 14.9. The lowest BCUT2D eigenvalue weighted by molar-refractivity contribution is -0.137. The van der Waals surface area contributed by atoms with E-state index in [9.17, 15) is 22.4 Å². The summed E-state index contributed by atoms with van der Waals surface area (Å²) in [7, 11) is 1.55. The van der Waals surface area contributed by atoms with Crippen LogP contribution in [0.2, 0.25) is 0 Å². The number of anilines is 1. The van der Waals surface area contributed by atoms with E-state index in [-0.39, 0.29) is 40.9 Å². The van der Waals surface area contributed by atoms with Gasteiger partial charge in [-0.2, -0.15) is 13.2 Å². The number of piperidine rings is 1. The molecule has 11 heteroatoms. The highest BCUT2D eigenvalue weighted by Gasteiger charge is 2.49. The van der Waals surface area contributed by atoms with E-state index in [0.717, 1.165) is 25.1 Å². The Labute approximate surface area is 211 Å². The number of aromatic nitrogens is 3. The molecule has 2 unspecified atom stereocenters. The van der Waals surface area contributed by atoms with E-state index in [4.69, 9.17) is 4.74 Å². The van der Waals surface area contributed by atoms with Crippen LogP contribution in [0.1, 0.15) is 28.8 Å². The zero-order valence-electron chi connectivity index (χ0n) is 20.0. The Hall–Kier alpha value is -3.60. The maximum atomic E-state index is 14.9. The van der Waals surface area contributed by atoms with E-state index >= 15 is 0 Å². The minimum Gasteiger partial charge on any atom is -0.383 e. The highest BCUT2D eigenvalue weighted by atomic mass is 19.4. The Balaban J connectivity index is 1.45. The van der Waals surface area contributed by atoms with E-state index in [0.29, 0.717) is 25.5 Å². The van der Waals surface area contributed by atoms with Crippen LogP contribution in [0, 0.1) is 11.7 Å². The van der Waals surface area contributed by atoms with Gasteiger partial charge in [0.05, 0.1) is 35.4 Å². The lowest BCUT2D eigenvalue weighted by Gasteiger charge is -2.40. The van der Waals surface area contributed by atoms with Gasteiger partial charge in [-0.05, 0) is 49.1 Å². The Morgan fingerprint density at radius 1 is 1.11 bits per heavy atom. The number of rotatable bonds is 7. The Kier molecular flexibility index (Phi) is 6.80. The molecule has 1 aliphatic carbocycles. The van der Waals surface area contributed by atoms with Gasteiger partial charge in [-0.25, -0.2) is 19.3 Å². The van der Waals surface area contributed by atoms with Gasteiger partial charge in [0.15, 0.2) is 5.82 Å². The van der Waals surface area contributed by atoms with Gasteiger partial charge in [0.25, 0.3) is 5.91 Å². The molecule has 7 nitrogen and oxygen atoms in total. The van der Waals surface area contributed by atoms with Crippen molar-refractivity contribution >= 4 is 11.7 Å². The third-order valence-electron chi connectivity index (χ3n) is 7.05. The summed E-state index contributed by atoms with van der Waals surface area (Å²) in [5.74, 6) is -0.192. The van der Waals surface area contributed by atoms with Crippen LogP contribution in [-0.2, 0) is 10.9 Å². The molecule has 3 heterocycles. The molecule has 1 aliphatic heterocycles. The number of hydrogen-bond donors (Lipinski definition) is 0. The molecule has 2 aromatic heterocycles. The van der Waals surface area contributed by atoms with Gasteiger partial charge < -0.3 is 14.5 Å². The zero-order valence-corrected chi connectivity index (χ0v) is 20.0. The van der Waals surface area contributed by atoms with Gasteiger partial charge in [0, 0.05) is 38.8 Å². The average molecular weight is 516 g/mol. The van der Waals surface area contributed by atoms with E-state index in [2.05, 4.69) is 15.0 Å². The van der Waals surface area contributed by atoms with Crippen LogP contribution < -0.4 is 4.90 Å². The molecule has 2 bridgehead atoms. The number of amides is 1. The monoisotopic (exact) mass is 515 g/mol. The number of ether oxygens (including phenoxy) is 1. The van der Waals surface area contributed by atoms with Crippen molar-refractivity contribution in [2.24, 2.45) is 5.92 Å². The summed E-state index contributed by atoms with van der Waals surface area (Å²) >= 11 is 0. The van der Waals surface area contributed by atoms with Crippen LogP contribution in [0.3, 0.4) is 0 Å². The molecular weight excluding hydrogens is 490 g/mol. The van der Waals surface area contributed by atoms with Gasteiger partial charge in [0.1, 0.15) is 11.6 Å². The van der Waals surface area contributed by atoms with Crippen molar-refractivity contribution < 1.29 is 27.1 Å². The van der Waals surface area contributed by atoms with Crippen molar-refractivity contribution in [3.63, 3.8) is 0 Å². The molecule has 3 aromatic rings. The molecule has 3 atom stereocenters. The first-order valence-corrected chi connectivity index (χ1v) is 11.9. The zero-order chi connectivity index (χ0) is 26.2. The Morgan fingerprint density at radius 3 is 2.54 bits per heavy atom. The van der Waals surface area contributed by atoms with Crippen molar-refractivity contribution in [3.05, 3.63) is 71.9 Å². The second kappa shape index (κ2) is 10.0. The number of likely N-dealkylation sites (tertiary alicyclic amines) is 1. The Bertz CT molecular complexity index is 1260. The number of alkyl halides is 3. The number of hydrogen-bond acceptors (Lipinski definition) is 6. The first-order valence-electron chi connectivity index (χ1n) is 11.9. The lowest BCUT2D eigenvalue weighted by Crippen LogP contribution is -2.53. The highest BCUT2D eigenvalue weighted by molar-refractivity contribution is 6.00. The van der Waals surface area contributed by atoms with Crippen LogP contribution in [0.4, 0.5) is 23.4 Å². The van der Waals surface area contributed by atoms with Crippen LogP contribution in [0.5, 0.6) is 0 Å². The number of carbonyl (C=O) groups excluding carboxylic acids is 1. The van der Waals surface area contributed by atoms with Gasteiger partial charge in [-0.1, -0.05) is 6.07 Å². The fourth-order valence-corrected chi connectivity index (χ4v) is 5.44. The minimum absolute atomic E-state index is 0.0491. The van der Waals surface area contributed by atoms with E-state index in [1.807, 2.05) is 4.90 Å². The number of fused-ring (bicyclic) bond motifs is 2. The van der Waals surface area contributed by atoms with Gasteiger partial charge in [0.2, 0.25) is 0 Å². The molecule has 1 saturated carbocycles. The molecule has 1 saturated heterocycles. The summed E-state index contributed by atoms with van der Waals surface area (Å²) in [5.41, 5.74) is -0.601. The second-order valence-electron chi connectivity index (χ2n) is 9.25. The van der Waals surface area contributed by atoms with Gasteiger partial charge >= 0.3 is 6.18 Å². The van der Waals surface area contributed by atoms with Crippen LogP contribution >= 0.6 is 0 Å². The lowest BCUT2D eigenvalue weighted by atomic mass is 10.00. The predicted molar refractivity (Wildman–Crippen MR) is 127 cm³/mol. The van der Waals surface area contributed by atoms with Crippen LogP contribution in [-0.4, -0.2) is 64.6 Å². The number of pyridine rings is 1. The highest BCUT2D eigenvalue weighted by Crippen LogP contribution is 2.43. The largest absolute Gasteiger partial charge is 0.417 e. The number of methoxy groups -OCH3 is 1. The summed E-state index contributed by atoms with van der Waals surface area (Å²) in [6, 6.07) is 7.91. The maximum Gasteiger partial charge on any atom is 0.417 e. The van der Waals surface area contributed by atoms with E-state index < -0.39 is 17.6 Å². The summed E-state index contributed by atoms with van der Waals surface area (Å²) < 4.78 is 59.4.